The molecule has 0 bridgehead atoms. The highest BCUT2D eigenvalue weighted by Crippen LogP contribution is 2.39. The van der Waals surface area contributed by atoms with Gasteiger partial charge in [0.2, 0.25) is 0 Å². The number of phenols is 1. The van der Waals surface area contributed by atoms with Gasteiger partial charge in [0.25, 0.3) is 0 Å². The number of phenolic OH excluding ortho intramolecular Hbond substituents is 1. The van der Waals surface area contributed by atoms with Crippen LogP contribution in [-0.4, -0.2) is 19.2 Å². The molecule has 0 amide bonds. The van der Waals surface area contributed by atoms with Gasteiger partial charge in [-0.25, -0.2) is 0 Å². The van der Waals surface area contributed by atoms with Gasteiger partial charge in [-0.05, 0) is 28.8 Å². The average Bonchev–Trinajstić information content (AvgIpc) is 2.96. The molecule has 5 nitrogen and oxygen atoms in total. The summed E-state index contributed by atoms with van der Waals surface area (Å²) in [5, 5.41) is 9.67. The van der Waals surface area contributed by atoms with Crippen LogP contribution in [0.15, 0.2) is 89.3 Å². The molecule has 4 rings (SSSR count). The molecule has 0 spiro atoms. The molecule has 0 aromatic heterocycles. The predicted molar refractivity (Wildman–Crippen MR) is 100 cm³/mol. The highest BCUT2D eigenvalue weighted by molar-refractivity contribution is 7.88. The van der Waals surface area contributed by atoms with E-state index >= 15 is 0 Å². The van der Waals surface area contributed by atoms with Crippen molar-refractivity contribution in [2.24, 2.45) is 4.40 Å². The van der Waals surface area contributed by atoms with E-state index in [1.807, 2.05) is 60.7 Å². The molecule has 0 radical (unpaired) electrons. The normalized spacial score (nSPS) is 21.3. The van der Waals surface area contributed by atoms with Crippen LogP contribution in [0.5, 0.6) is 5.75 Å². The quantitative estimate of drug-likeness (QED) is 0.750. The minimum Gasteiger partial charge on any atom is -0.508 e. The summed E-state index contributed by atoms with van der Waals surface area (Å²) in [6.45, 7) is 0. The summed E-state index contributed by atoms with van der Waals surface area (Å²) < 4.78 is 31.8. The van der Waals surface area contributed by atoms with Crippen molar-refractivity contribution in [3.8, 4) is 5.75 Å². The fraction of sp³-hybridized carbons (Fsp3) is 0.0500. The zero-order valence-electron chi connectivity index (χ0n) is 13.7. The van der Waals surface area contributed by atoms with Crippen LogP contribution in [0.1, 0.15) is 16.7 Å². The Bertz CT molecular complexity index is 1060. The van der Waals surface area contributed by atoms with E-state index in [0.29, 0.717) is 16.8 Å². The molecule has 26 heavy (non-hydrogen) atoms. The number of benzene rings is 3. The first-order chi connectivity index (χ1) is 12.5. The van der Waals surface area contributed by atoms with Gasteiger partial charge in [-0.1, -0.05) is 72.8 Å². The van der Waals surface area contributed by atoms with Gasteiger partial charge in [0.05, 0.1) is 5.71 Å². The van der Waals surface area contributed by atoms with E-state index in [4.69, 9.17) is 0 Å². The summed E-state index contributed by atoms with van der Waals surface area (Å²) in [7, 11) is -3.88. The molecule has 1 unspecified atom stereocenters. The van der Waals surface area contributed by atoms with Gasteiger partial charge in [-0.3, -0.25) is 0 Å². The van der Waals surface area contributed by atoms with Crippen molar-refractivity contribution >= 4 is 15.9 Å². The molecule has 0 aliphatic carbocycles. The number of nitrogens with one attached hydrogen (secondary N) is 1. The Balaban J connectivity index is 2.05. The second-order valence-electron chi connectivity index (χ2n) is 6.05. The van der Waals surface area contributed by atoms with E-state index in [1.54, 1.807) is 12.1 Å². The zero-order valence-corrected chi connectivity index (χ0v) is 14.5. The van der Waals surface area contributed by atoms with Crippen LogP contribution in [0.25, 0.3) is 0 Å². The lowest BCUT2D eigenvalue weighted by molar-refractivity contribution is 0.474. The van der Waals surface area contributed by atoms with Gasteiger partial charge < -0.3 is 5.11 Å². The number of hydrogen-bond acceptors (Lipinski definition) is 3. The molecule has 1 aliphatic rings. The Hall–Kier alpha value is -2.96. The Labute approximate surface area is 151 Å². The standard InChI is InChI=1S/C20H16N2O3S/c23-18-13-11-17(12-14-18)20(16-9-5-2-6-10-16)19(21-26(24,25)22-20)15-7-3-1-4-8-15/h1-14,22-23H. The van der Waals surface area contributed by atoms with Crippen molar-refractivity contribution in [1.29, 1.82) is 0 Å². The van der Waals surface area contributed by atoms with Gasteiger partial charge in [0, 0.05) is 0 Å². The molecule has 0 fully saturated rings. The lowest BCUT2D eigenvalue weighted by Gasteiger charge is -2.31. The second kappa shape index (κ2) is 6.09. The van der Waals surface area contributed by atoms with E-state index in [2.05, 4.69) is 9.12 Å². The summed E-state index contributed by atoms with van der Waals surface area (Å²) in [5.41, 5.74) is 1.35. The molecule has 3 aromatic rings. The topological polar surface area (TPSA) is 78.8 Å². The van der Waals surface area contributed by atoms with Gasteiger partial charge in [0.1, 0.15) is 11.3 Å². The summed E-state index contributed by atoms with van der Waals surface area (Å²) in [6, 6.07) is 25.0. The van der Waals surface area contributed by atoms with Crippen LogP contribution in [-0.2, 0) is 15.7 Å². The summed E-state index contributed by atoms with van der Waals surface area (Å²) >= 11 is 0. The maximum absolute atomic E-state index is 12.5. The predicted octanol–water partition coefficient (Wildman–Crippen LogP) is 2.97. The maximum atomic E-state index is 12.5. The minimum atomic E-state index is -3.88. The number of nitrogens with zero attached hydrogens (tertiary/aromatic N) is 1. The van der Waals surface area contributed by atoms with Gasteiger partial charge in [-0.15, -0.1) is 0 Å². The van der Waals surface area contributed by atoms with Crippen LogP contribution in [0.4, 0.5) is 0 Å². The van der Waals surface area contributed by atoms with Gasteiger partial charge in [0.15, 0.2) is 0 Å². The van der Waals surface area contributed by atoms with Crippen molar-refractivity contribution in [3.63, 3.8) is 0 Å². The summed E-state index contributed by atoms with van der Waals surface area (Å²) in [4.78, 5) is 0. The molecule has 1 atom stereocenters. The van der Waals surface area contributed by atoms with Gasteiger partial charge in [-0.2, -0.15) is 17.5 Å². The van der Waals surface area contributed by atoms with Crippen molar-refractivity contribution < 1.29 is 13.5 Å². The van der Waals surface area contributed by atoms with Crippen molar-refractivity contribution in [2.75, 3.05) is 0 Å². The van der Waals surface area contributed by atoms with Crippen molar-refractivity contribution in [2.45, 2.75) is 5.54 Å². The highest BCUT2D eigenvalue weighted by Gasteiger charge is 2.48. The molecule has 1 aliphatic heterocycles. The van der Waals surface area contributed by atoms with E-state index in [0.717, 1.165) is 5.56 Å². The van der Waals surface area contributed by atoms with Crippen LogP contribution in [0.3, 0.4) is 0 Å². The Morgan fingerprint density at radius 2 is 1.31 bits per heavy atom. The Morgan fingerprint density at radius 1 is 0.769 bits per heavy atom. The molecule has 3 aromatic carbocycles. The molecular weight excluding hydrogens is 348 g/mol. The van der Waals surface area contributed by atoms with E-state index < -0.39 is 15.7 Å². The first kappa shape index (κ1) is 16.5. The first-order valence-electron chi connectivity index (χ1n) is 8.06. The third-order valence-corrected chi connectivity index (χ3v) is 5.39. The van der Waals surface area contributed by atoms with Gasteiger partial charge >= 0.3 is 10.2 Å². The van der Waals surface area contributed by atoms with Crippen LogP contribution in [0, 0.1) is 0 Å². The minimum absolute atomic E-state index is 0.107. The van der Waals surface area contributed by atoms with Crippen molar-refractivity contribution in [3.05, 3.63) is 102 Å². The second-order valence-corrected chi connectivity index (χ2v) is 7.38. The fourth-order valence-electron chi connectivity index (χ4n) is 3.28. The molecule has 1 heterocycles. The maximum Gasteiger partial charge on any atom is 0.321 e. The van der Waals surface area contributed by atoms with Crippen LogP contribution < -0.4 is 4.72 Å². The van der Waals surface area contributed by atoms with Crippen molar-refractivity contribution in [1.82, 2.24) is 4.72 Å². The Kier molecular flexibility index (Phi) is 3.86. The lowest BCUT2D eigenvalue weighted by Crippen LogP contribution is -2.47. The molecule has 6 heteroatoms. The van der Waals surface area contributed by atoms with E-state index in [-0.39, 0.29) is 5.75 Å². The summed E-state index contributed by atoms with van der Waals surface area (Å²) in [5.74, 6) is 0.107. The lowest BCUT2D eigenvalue weighted by atomic mass is 9.77. The number of rotatable bonds is 3. The molecular formula is C20H16N2O3S. The van der Waals surface area contributed by atoms with Crippen LogP contribution in [0.2, 0.25) is 0 Å². The largest absolute Gasteiger partial charge is 0.508 e. The number of aromatic hydroxyl groups is 1. The molecule has 2 N–H and O–H groups in total. The van der Waals surface area contributed by atoms with E-state index in [9.17, 15) is 13.5 Å². The number of hydrogen-bond donors (Lipinski definition) is 2. The monoisotopic (exact) mass is 364 g/mol. The smallest absolute Gasteiger partial charge is 0.321 e. The molecule has 0 saturated carbocycles. The van der Waals surface area contributed by atoms with Crippen LogP contribution >= 0.6 is 0 Å². The SMILES string of the molecule is O=S1(=O)N=C(c2ccccc2)C(c2ccccc2)(c2ccc(O)cc2)N1. The fourth-order valence-corrected chi connectivity index (χ4v) is 4.52. The molecule has 130 valence electrons. The third-order valence-electron chi connectivity index (χ3n) is 4.40. The third kappa shape index (κ3) is 2.69. The first-order valence-corrected chi connectivity index (χ1v) is 9.50. The highest BCUT2D eigenvalue weighted by atomic mass is 32.2. The Morgan fingerprint density at radius 3 is 1.92 bits per heavy atom. The van der Waals surface area contributed by atoms with E-state index in [1.165, 1.54) is 12.1 Å². The summed E-state index contributed by atoms with van der Waals surface area (Å²) in [6.07, 6.45) is 0. The average molecular weight is 364 g/mol. The zero-order chi connectivity index (χ0) is 18.2. The molecule has 0 saturated heterocycles.